The number of amides is 1. The molecule has 0 radical (unpaired) electrons. The first kappa shape index (κ1) is 13.6. The third kappa shape index (κ3) is 4.95. The van der Waals surface area contributed by atoms with E-state index < -0.39 is 21.6 Å². The van der Waals surface area contributed by atoms with E-state index in [2.05, 4.69) is 5.32 Å². The van der Waals surface area contributed by atoms with Gasteiger partial charge in [-0.2, -0.15) is 0 Å². The van der Waals surface area contributed by atoms with Crippen molar-refractivity contribution in [2.45, 2.75) is 13.3 Å². The molecule has 0 heterocycles. The van der Waals surface area contributed by atoms with Crippen LogP contribution in [0.5, 0.6) is 0 Å². The first-order chi connectivity index (χ1) is 7.93. The minimum Gasteiger partial charge on any atom is -0.326 e. The van der Waals surface area contributed by atoms with Crippen molar-refractivity contribution in [3.8, 4) is 0 Å². The van der Waals surface area contributed by atoms with Crippen LogP contribution in [0, 0.1) is 5.82 Å². The third-order valence-electron chi connectivity index (χ3n) is 2.21. The molecule has 1 rings (SSSR count). The van der Waals surface area contributed by atoms with E-state index in [0.29, 0.717) is 5.69 Å². The molecule has 0 aromatic heterocycles. The molecule has 0 saturated heterocycles. The van der Waals surface area contributed by atoms with Crippen molar-refractivity contribution >= 4 is 21.4 Å². The first-order valence-corrected chi connectivity index (χ1v) is 7.01. The second-order valence-electron chi connectivity index (χ2n) is 3.54. The zero-order valence-electron chi connectivity index (χ0n) is 9.44. The summed E-state index contributed by atoms with van der Waals surface area (Å²) in [6.07, 6.45) is -0.0897. The molecule has 1 aromatic carbocycles. The predicted octanol–water partition coefficient (Wildman–Crippen LogP) is 1.59. The number of nitrogens with one attached hydrogen (secondary N) is 1. The number of benzene rings is 1. The van der Waals surface area contributed by atoms with Gasteiger partial charge < -0.3 is 5.32 Å². The first-order valence-electron chi connectivity index (χ1n) is 5.19. The lowest BCUT2D eigenvalue weighted by molar-refractivity contribution is -0.115. The van der Waals surface area contributed by atoms with E-state index in [4.69, 9.17) is 0 Å². The van der Waals surface area contributed by atoms with E-state index in [-0.39, 0.29) is 17.9 Å². The fourth-order valence-corrected chi connectivity index (χ4v) is 1.93. The number of carbonyl (C=O) groups excluding carboxylic acids is 1. The molecule has 1 amide bonds. The maximum atomic E-state index is 12.6. The molecule has 17 heavy (non-hydrogen) atoms. The smallest absolute Gasteiger partial charge is 0.225 e. The van der Waals surface area contributed by atoms with Gasteiger partial charge in [0.05, 0.1) is 5.75 Å². The molecule has 0 spiro atoms. The van der Waals surface area contributed by atoms with E-state index >= 15 is 0 Å². The molecule has 0 aliphatic rings. The van der Waals surface area contributed by atoms with Gasteiger partial charge in [-0.25, -0.2) is 12.8 Å². The van der Waals surface area contributed by atoms with Crippen molar-refractivity contribution in [3.63, 3.8) is 0 Å². The van der Waals surface area contributed by atoms with Gasteiger partial charge in [-0.05, 0) is 24.3 Å². The van der Waals surface area contributed by atoms with Crippen LogP contribution < -0.4 is 5.32 Å². The van der Waals surface area contributed by atoms with Crippen LogP contribution in [0.15, 0.2) is 24.3 Å². The number of hydrogen-bond donors (Lipinski definition) is 1. The SMILES string of the molecule is CCS(=O)(=O)CCC(=O)Nc1ccc(F)cc1. The van der Waals surface area contributed by atoms with Gasteiger partial charge in [-0.1, -0.05) is 6.92 Å². The van der Waals surface area contributed by atoms with E-state index in [9.17, 15) is 17.6 Å². The van der Waals surface area contributed by atoms with Gasteiger partial charge in [0.1, 0.15) is 5.82 Å². The molecule has 0 atom stereocenters. The Morgan fingerprint density at radius 2 is 1.88 bits per heavy atom. The standard InChI is InChI=1S/C11H14FNO3S/c1-2-17(15,16)8-7-11(14)13-10-5-3-9(12)4-6-10/h3-6H,2,7-8H2,1H3,(H,13,14). The van der Waals surface area contributed by atoms with Gasteiger partial charge in [0.25, 0.3) is 0 Å². The number of hydrogen-bond acceptors (Lipinski definition) is 3. The quantitative estimate of drug-likeness (QED) is 0.873. The Morgan fingerprint density at radius 1 is 1.29 bits per heavy atom. The van der Waals surface area contributed by atoms with E-state index in [1.165, 1.54) is 31.2 Å². The Morgan fingerprint density at radius 3 is 2.41 bits per heavy atom. The second kappa shape index (κ2) is 5.77. The van der Waals surface area contributed by atoms with Crippen LogP contribution in [0.4, 0.5) is 10.1 Å². The van der Waals surface area contributed by atoms with Crippen molar-refractivity contribution in [2.75, 3.05) is 16.8 Å². The second-order valence-corrected chi connectivity index (χ2v) is 6.01. The molecule has 4 nitrogen and oxygen atoms in total. The highest BCUT2D eigenvalue weighted by Gasteiger charge is 2.11. The maximum absolute atomic E-state index is 12.6. The normalized spacial score (nSPS) is 11.2. The Balaban J connectivity index is 2.48. The fraction of sp³-hybridized carbons (Fsp3) is 0.364. The minimum absolute atomic E-state index is 0.0246. The van der Waals surface area contributed by atoms with Crippen molar-refractivity contribution in [2.24, 2.45) is 0 Å². The van der Waals surface area contributed by atoms with Gasteiger partial charge in [0, 0.05) is 17.9 Å². The minimum atomic E-state index is -3.13. The molecule has 0 unspecified atom stereocenters. The molecule has 0 aliphatic heterocycles. The molecular weight excluding hydrogens is 245 g/mol. The molecule has 0 aliphatic carbocycles. The molecule has 6 heteroatoms. The molecule has 94 valence electrons. The Labute approximate surface area is 99.8 Å². The average molecular weight is 259 g/mol. The molecule has 1 N–H and O–H groups in total. The average Bonchev–Trinajstić information content (AvgIpc) is 2.30. The zero-order valence-corrected chi connectivity index (χ0v) is 10.3. The number of rotatable bonds is 5. The molecule has 0 bridgehead atoms. The summed E-state index contributed by atoms with van der Waals surface area (Å²) in [4.78, 5) is 11.4. The maximum Gasteiger partial charge on any atom is 0.225 e. The summed E-state index contributed by atoms with van der Waals surface area (Å²) < 4.78 is 34.9. The molecule has 0 fully saturated rings. The number of anilines is 1. The van der Waals surface area contributed by atoms with Crippen molar-refractivity contribution in [1.82, 2.24) is 0 Å². The van der Waals surface area contributed by atoms with Crippen molar-refractivity contribution < 1.29 is 17.6 Å². The van der Waals surface area contributed by atoms with Crippen LogP contribution >= 0.6 is 0 Å². The van der Waals surface area contributed by atoms with E-state index in [0.717, 1.165) is 0 Å². The van der Waals surface area contributed by atoms with Crippen molar-refractivity contribution in [1.29, 1.82) is 0 Å². The lowest BCUT2D eigenvalue weighted by Crippen LogP contribution is -2.18. The van der Waals surface area contributed by atoms with Crippen LogP contribution in [-0.4, -0.2) is 25.8 Å². The highest BCUT2D eigenvalue weighted by molar-refractivity contribution is 7.91. The fourth-order valence-electron chi connectivity index (χ4n) is 1.15. The highest BCUT2D eigenvalue weighted by atomic mass is 32.2. The highest BCUT2D eigenvalue weighted by Crippen LogP contribution is 2.08. The van der Waals surface area contributed by atoms with Gasteiger partial charge in [0.15, 0.2) is 9.84 Å². The number of halogens is 1. The Kier molecular flexibility index (Phi) is 4.62. The molecule has 0 saturated carbocycles. The Hall–Kier alpha value is -1.43. The van der Waals surface area contributed by atoms with Crippen LogP contribution in [0.25, 0.3) is 0 Å². The molecule has 1 aromatic rings. The van der Waals surface area contributed by atoms with Crippen LogP contribution in [-0.2, 0) is 14.6 Å². The third-order valence-corrected chi connectivity index (χ3v) is 3.91. The summed E-state index contributed by atoms with van der Waals surface area (Å²) >= 11 is 0. The lowest BCUT2D eigenvalue weighted by atomic mass is 10.3. The topological polar surface area (TPSA) is 63.2 Å². The Bertz CT molecular complexity index is 482. The van der Waals surface area contributed by atoms with E-state index in [1.807, 2.05) is 0 Å². The number of sulfone groups is 1. The largest absolute Gasteiger partial charge is 0.326 e. The number of carbonyl (C=O) groups is 1. The molecular formula is C11H14FNO3S. The summed E-state index contributed by atoms with van der Waals surface area (Å²) in [6, 6.07) is 5.28. The van der Waals surface area contributed by atoms with Gasteiger partial charge in [-0.3, -0.25) is 4.79 Å². The zero-order chi connectivity index (χ0) is 12.9. The van der Waals surface area contributed by atoms with Crippen molar-refractivity contribution in [3.05, 3.63) is 30.1 Å². The van der Waals surface area contributed by atoms with Gasteiger partial charge >= 0.3 is 0 Å². The summed E-state index contributed by atoms with van der Waals surface area (Å²) in [7, 11) is -3.13. The summed E-state index contributed by atoms with van der Waals surface area (Å²) in [5, 5.41) is 2.50. The van der Waals surface area contributed by atoms with E-state index in [1.54, 1.807) is 0 Å². The predicted molar refractivity (Wildman–Crippen MR) is 64.0 cm³/mol. The lowest BCUT2D eigenvalue weighted by Gasteiger charge is -2.05. The van der Waals surface area contributed by atoms with Gasteiger partial charge in [-0.15, -0.1) is 0 Å². The van der Waals surface area contributed by atoms with Crippen LogP contribution in [0.1, 0.15) is 13.3 Å². The summed E-state index contributed by atoms with van der Waals surface area (Å²) in [5.74, 6) is -0.932. The monoisotopic (exact) mass is 259 g/mol. The van der Waals surface area contributed by atoms with Crippen LogP contribution in [0.2, 0.25) is 0 Å². The summed E-state index contributed by atoms with van der Waals surface area (Å²) in [5.41, 5.74) is 0.449. The van der Waals surface area contributed by atoms with Crippen LogP contribution in [0.3, 0.4) is 0 Å². The summed E-state index contributed by atoms with van der Waals surface area (Å²) in [6.45, 7) is 1.53. The van der Waals surface area contributed by atoms with Gasteiger partial charge in [0.2, 0.25) is 5.91 Å².